The van der Waals surface area contributed by atoms with Crippen LogP contribution in [0.3, 0.4) is 0 Å². The van der Waals surface area contributed by atoms with Crippen molar-refractivity contribution in [3.05, 3.63) is 59.2 Å². The van der Waals surface area contributed by atoms with Gasteiger partial charge >= 0.3 is 11.9 Å². The number of carboxylic acid groups (broad SMARTS) is 1. The molecule has 0 atom stereocenters. The fraction of sp³-hybridized carbons (Fsp3) is 0.174. The Labute approximate surface area is 199 Å². The van der Waals surface area contributed by atoms with Crippen LogP contribution in [-0.4, -0.2) is 54.3 Å². The molecule has 1 saturated heterocycles. The number of rotatable bonds is 8. The van der Waals surface area contributed by atoms with Crippen molar-refractivity contribution >= 4 is 52.8 Å². The number of nitrogens with zero attached hydrogens (tertiary/aromatic N) is 1. The number of aromatic carboxylic acids is 1. The normalized spacial score (nSPS) is 14.6. The first-order valence-electron chi connectivity index (χ1n) is 9.96. The third-order valence-electron chi connectivity index (χ3n) is 4.60. The third-order valence-corrected chi connectivity index (χ3v) is 4.89. The maximum atomic E-state index is 13.1. The van der Waals surface area contributed by atoms with Gasteiger partial charge < -0.3 is 19.3 Å². The minimum absolute atomic E-state index is 0.0429. The van der Waals surface area contributed by atoms with E-state index in [0.29, 0.717) is 5.56 Å². The molecule has 0 aromatic heterocycles. The summed E-state index contributed by atoms with van der Waals surface area (Å²) in [6.07, 6.45) is 1.34. The van der Waals surface area contributed by atoms with E-state index in [1.807, 2.05) is 0 Å². The summed E-state index contributed by atoms with van der Waals surface area (Å²) < 4.78 is 15.5. The maximum Gasteiger partial charge on any atom is 0.344 e. The lowest BCUT2D eigenvalue weighted by molar-refractivity contribution is -0.145. The quantitative estimate of drug-likeness (QED) is 0.250. The highest BCUT2D eigenvalue weighted by Gasteiger charge is 2.34. The van der Waals surface area contributed by atoms with E-state index in [-0.39, 0.29) is 46.6 Å². The standard InChI is InChI=1S/C23H20N2O8S/c1-3-32-19(26)12-33-17-8-7-13(10-18(17)31-2)9-16-20(27)24-23(34)25(21(16)28)15-6-4-5-14(11-15)22(29)30/h4-11H,3,12H2,1-2H3,(H,29,30)(H,24,27,34). The molecule has 1 aliphatic heterocycles. The zero-order chi connectivity index (χ0) is 24.8. The SMILES string of the molecule is CCOC(=O)COc1ccc(C=C2C(=O)NC(=S)N(c3cccc(C(=O)O)c3)C2=O)cc1OC. The Morgan fingerprint density at radius 1 is 1.15 bits per heavy atom. The number of thiocarbonyl (C=S) groups is 1. The van der Waals surface area contributed by atoms with Gasteiger partial charge in [-0.25, -0.2) is 9.59 Å². The molecule has 0 unspecified atom stereocenters. The van der Waals surface area contributed by atoms with Gasteiger partial charge in [-0.1, -0.05) is 12.1 Å². The number of esters is 1. The van der Waals surface area contributed by atoms with Crippen LogP contribution in [0.1, 0.15) is 22.8 Å². The van der Waals surface area contributed by atoms with Gasteiger partial charge in [0.2, 0.25) is 0 Å². The van der Waals surface area contributed by atoms with Gasteiger partial charge in [0.05, 0.1) is 25.0 Å². The molecule has 2 N–H and O–H groups in total. The number of carbonyl (C=O) groups is 4. The molecule has 0 saturated carbocycles. The summed E-state index contributed by atoms with van der Waals surface area (Å²) in [6.45, 7) is 1.59. The van der Waals surface area contributed by atoms with E-state index in [2.05, 4.69) is 5.32 Å². The van der Waals surface area contributed by atoms with Gasteiger partial charge in [-0.05, 0) is 61.1 Å². The number of carboxylic acids is 1. The lowest BCUT2D eigenvalue weighted by Crippen LogP contribution is -2.54. The molecule has 10 nitrogen and oxygen atoms in total. The minimum Gasteiger partial charge on any atom is -0.493 e. The first-order chi connectivity index (χ1) is 16.2. The summed E-state index contributed by atoms with van der Waals surface area (Å²) in [7, 11) is 1.40. The molecule has 1 heterocycles. The predicted octanol–water partition coefficient (Wildman–Crippen LogP) is 2.17. The Morgan fingerprint density at radius 2 is 1.91 bits per heavy atom. The predicted molar refractivity (Wildman–Crippen MR) is 125 cm³/mol. The van der Waals surface area contributed by atoms with Crippen molar-refractivity contribution in [2.45, 2.75) is 6.92 Å². The Kier molecular flexibility index (Phi) is 7.59. The van der Waals surface area contributed by atoms with Crippen molar-refractivity contribution < 1.29 is 38.5 Å². The number of nitrogens with one attached hydrogen (secondary N) is 1. The molecule has 2 aromatic rings. The first kappa shape index (κ1) is 24.4. The van der Waals surface area contributed by atoms with Gasteiger partial charge in [0, 0.05) is 0 Å². The van der Waals surface area contributed by atoms with Gasteiger partial charge in [0.25, 0.3) is 11.8 Å². The maximum absolute atomic E-state index is 13.1. The lowest BCUT2D eigenvalue weighted by Gasteiger charge is -2.29. The topological polar surface area (TPSA) is 131 Å². The summed E-state index contributed by atoms with van der Waals surface area (Å²) in [6, 6.07) is 10.2. The van der Waals surface area contributed by atoms with Crippen LogP contribution in [0.15, 0.2) is 48.0 Å². The van der Waals surface area contributed by atoms with Crippen molar-refractivity contribution in [1.82, 2.24) is 5.32 Å². The Bertz CT molecular complexity index is 1210. The van der Waals surface area contributed by atoms with Crippen molar-refractivity contribution in [2.24, 2.45) is 0 Å². The molecule has 0 aliphatic carbocycles. The number of carbonyl (C=O) groups excluding carboxylic acids is 3. The average Bonchev–Trinajstić information content (AvgIpc) is 2.81. The Morgan fingerprint density at radius 3 is 2.59 bits per heavy atom. The average molecular weight is 484 g/mol. The van der Waals surface area contributed by atoms with Crippen LogP contribution in [-0.2, 0) is 19.1 Å². The molecular weight excluding hydrogens is 464 g/mol. The van der Waals surface area contributed by atoms with Crippen LogP contribution in [0.25, 0.3) is 6.08 Å². The van der Waals surface area contributed by atoms with E-state index < -0.39 is 23.8 Å². The molecule has 176 valence electrons. The Hall–Kier alpha value is -4.25. The van der Waals surface area contributed by atoms with E-state index in [9.17, 15) is 24.3 Å². The number of benzene rings is 2. The second-order valence-corrected chi connectivity index (χ2v) is 7.20. The van der Waals surface area contributed by atoms with E-state index in [4.69, 9.17) is 26.4 Å². The van der Waals surface area contributed by atoms with Crippen molar-refractivity contribution in [3.63, 3.8) is 0 Å². The highest BCUT2D eigenvalue weighted by Crippen LogP contribution is 2.30. The van der Waals surface area contributed by atoms with Crippen molar-refractivity contribution in [1.29, 1.82) is 0 Å². The second kappa shape index (κ2) is 10.6. The molecular formula is C23H20N2O8S. The molecule has 0 spiro atoms. The molecule has 0 bridgehead atoms. The molecule has 2 amide bonds. The van der Waals surface area contributed by atoms with E-state index in [1.54, 1.807) is 13.0 Å². The number of methoxy groups -OCH3 is 1. The fourth-order valence-electron chi connectivity index (χ4n) is 3.07. The van der Waals surface area contributed by atoms with Gasteiger partial charge in [-0.3, -0.25) is 19.8 Å². The van der Waals surface area contributed by atoms with Gasteiger partial charge in [-0.2, -0.15) is 0 Å². The molecule has 3 rings (SSSR count). The molecule has 1 fully saturated rings. The first-order valence-corrected chi connectivity index (χ1v) is 10.4. The monoisotopic (exact) mass is 484 g/mol. The number of ether oxygens (including phenoxy) is 3. The molecule has 34 heavy (non-hydrogen) atoms. The molecule has 11 heteroatoms. The van der Waals surface area contributed by atoms with Gasteiger partial charge in [0.15, 0.2) is 23.2 Å². The summed E-state index contributed by atoms with van der Waals surface area (Å²) in [5, 5.41) is 11.5. The van der Waals surface area contributed by atoms with Crippen molar-refractivity contribution in [2.75, 3.05) is 25.2 Å². The highest BCUT2D eigenvalue weighted by molar-refractivity contribution is 7.80. The summed E-state index contributed by atoms with van der Waals surface area (Å²) >= 11 is 5.14. The third kappa shape index (κ3) is 5.38. The largest absolute Gasteiger partial charge is 0.493 e. The molecule has 2 aromatic carbocycles. The smallest absolute Gasteiger partial charge is 0.344 e. The number of amides is 2. The zero-order valence-electron chi connectivity index (χ0n) is 18.2. The highest BCUT2D eigenvalue weighted by atomic mass is 32.1. The summed E-state index contributed by atoms with van der Waals surface area (Å²) in [5.41, 5.74) is 0.363. The Balaban J connectivity index is 1.90. The second-order valence-electron chi connectivity index (χ2n) is 6.82. The zero-order valence-corrected chi connectivity index (χ0v) is 19.0. The van der Waals surface area contributed by atoms with Crippen LogP contribution in [0.5, 0.6) is 11.5 Å². The van der Waals surface area contributed by atoms with Crippen LogP contribution >= 0.6 is 12.2 Å². The number of anilines is 1. The van der Waals surface area contributed by atoms with Crippen LogP contribution in [0, 0.1) is 0 Å². The van der Waals surface area contributed by atoms with Gasteiger partial charge in [-0.15, -0.1) is 0 Å². The number of hydrogen-bond acceptors (Lipinski definition) is 8. The summed E-state index contributed by atoms with van der Waals surface area (Å²) in [5.74, 6) is -2.60. The van der Waals surface area contributed by atoms with E-state index in [1.165, 1.54) is 49.6 Å². The van der Waals surface area contributed by atoms with E-state index in [0.717, 1.165) is 4.90 Å². The fourth-order valence-corrected chi connectivity index (χ4v) is 3.35. The molecule has 0 radical (unpaired) electrons. The van der Waals surface area contributed by atoms with E-state index >= 15 is 0 Å². The van der Waals surface area contributed by atoms with Crippen molar-refractivity contribution in [3.8, 4) is 11.5 Å². The van der Waals surface area contributed by atoms with Crippen LogP contribution in [0.2, 0.25) is 0 Å². The van der Waals surface area contributed by atoms with Gasteiger partial charge in [0.1, 0.15) is 5.57 Å². The summed E-state index contributed by atoms with van der Waals surface area (Å²) in [4.78, 5) is 49.5. The lowest BCUT2D eigenvalue weighted by atomic mass is 10.1. The molecule has 1 aliphatic rings. The van der Waals surface area contributed by atoms with Crippen LogP contribution in [0.4, 0.5) is 5.69 Å². The minimum atomic E-state index is -1.17. The number of hydrogen-bond donors (Lipinski definition) is 2. The van der Waals surface area contributed by atoms with Crippen LogP contribution < -0.4 is 19.7 Å².